The monoisotopic (exact) mass is 421 g/mol. The molecule has 0 spiro atoms. The lowest BCUT2D eigenvalue weighted by Gasteiger charge is -2.10. The number of ether oxygens (including phenoxy) is 1. The highest BCUT2D eigenvalue weighted by Gasteiger charge is 2.13. The maximum absolute atomic E-state index is 13.1. The Balaban J connectivity index is 1.64. The number of H-pyrrole nitrogens is 2. The smallest absolute Gasteiger partial charge is 0.387 e. The van der Waals surface area contributed by atoms with E-state index in [1.807, 2.05) is 18.2 Å². The fraction of sp³-hybridized carbons (Fsp3) is 0.0435. The van der Waals surface area contributed by atoms with Gasteiger partial charge in [-0.2, -0.15) is 8.78 Å². The SMILES string of the molecule is O=C(Nc1ccc2[nH]c(=O)[nH]c2c1)C(=Cc1ccc(OC(F)F)cc1)c1ccccc1. The molecule has 8 heteroatoms. The lowest BCUT2D eigenvalue weighted by Crippen LogP contribution is -2.13. The van der Waals surface area contributed by atoms with E-state index in [9.17, 15) is 18.4 Å². The molecule has 0 fully saturated rings. The Bertz CT molecular complexity index is 1290. The van der Waals surface area contributed by atoms with Crippen LogP contribution in [0.2, 0.25) is 0 Å². The molecule has 31 heavy (non-hydrogen) atoms. The predicted octanol–water partition coefficient (Wildman–Crippen LogP) is 4.64. The average molecular weight is 421 g/mol. The van der Waals surface area contributed by atoms with E-state index >= 15 is 0 Å². The first-order valence-electron chi connectivity index (χ1n) is 9.33. The van der Waals surface area contributed by atoms with Crippen LogP contribution >= 0.6 is 0 Å². The third-order valence-electron chi connectivity index (χ3n) is 4.52. The van der Waals surface area contributed by atoms with Gasteiger partial charge in [-0.15, -0.1) is 0 Å². The molecule has 0 aliphatic carbocycles. The molecule has 0 radical (unpaired) electrons. The number of anilines is 1. The molecule has 3 N–H and O–H groups in total. The molecule has 0 aliphatic heterocycles. The van der Waals surface area contributed by atoms with Gasteiger partial charge in [0, 0.05) is 11.3 Å². The van der Waals surface area contributed by atoms with Crippen molar-refractivity contribution >= 4 is 34.3 Å². The molecule has 0 saturated heterocycles. The first-order valence-corrected chi connectivity index (χ1v) is 9.33. The van der Waals surface area contributed by atoms with Gasteiger partial charge in [0.2, 0.25) is 0 Å². The van der Waals surface area contributed by atoms with Crippen molar-refractivity contribution in [1.29, 1.82) is 0 Å². The number of halogens is 2. The molecule has 156 valence electrons. The Labute approximate surface area is 175 Å². The highest BCUT2D eigenvalue weighted by molar-refractivity contribution is 6.29. The van der Waals surface area contributed by atoms with Crippen molar-refractivity contribution in [3.05, 3.63) is 94.4 Å². The molecule has 3 aromatic carbocycles. The summed E-state index contributed by atoms with van der Waals surface area (Å²) in [5, 5.41) is 2.83. The molecule has 0 saturated carbocycles. The maximum Gasteiger partial charge on any atom is 0.387 e. The summed E-state index contributed by atoms with van der Waals surface area (Å²) in [4.78, 5) is 29.8. The Hall–Kier alpha value is -4.20. The van der Waals surface area contributed by atoms with Gasteiger partial charge in [0.05, 0.1) is 11.0 Å². The second-order valence-electron chi connectivity index (χ2n) is 6.67. The van der Waals surface area contributed by atoms with Gasteiger partial charge >= 0.3 is 12.3 Å². The molecule has 1 aromatic heterocycles. The zero-order valence-electron chi connectivity index (χ0n) is 16.1. The van der Waals surface area contributed by atoms with Crippen molar-refractivity contribution in [3.63, 3.8) is 0 Å². The van der Waals surface area contributed by atoms with Crippen LogP contribution in [0.25, 0.3) is 22.7 Å². The molecule has 4 rings (SSSR count). The fourth-order valence-corrected chi connectivity index (χ4v) is 3.12. The van der Waals surface area contributed by atoms with E-state index in [1.165, 1.54) is 12.1 Å². The number of hydrogen-bond acceptors (Lipinski definition) is 3. The number of imidazole rings is 1. The number of hydrogen-bond donors (Lipinski definition) is 3. The molecule has 4 aromatic rings. The third-order valence-corrected chi connectivity index (χ3v) is 4.52. The largest absolute Gasteiger partial charge is 0.435 e. The van der Waals surface area contributed by atoms with Gasteiger partial charge in [-0.3, -0.25) is 4.79 Å². The highest BCUT2D eigenvalue weighted by atomic mass is 19.3. The maximum atomic E-state index is 13.1. The van der Waals surface area contributed by atoms with Crippen molar-refractivity contribution in [2.24, 2.45) is 0 Å². The number of fused-ring (bicyclic) bond motifs is 1. The quantitative estimate of drug-likeness (QED) is 0.313. The molecule has 1 heterocycles. The van der Waals surface area contributed by atoms with Gasteiger partial charge in [0.25, 0.3) is 5.91 Å². The first kappa shape index (κ1) is 20.1. The number of alkyl halides is 2. The van der Waals surface area contributed by atoms with Crippen LogP contribution < -0.4 is 15.7 Å². The van der Waals surface area contributed by atoms with Crippen LogP contribution in [0, 0.1) is 0 Å². The van der Waals surface area contributed by atoms with Crippen LogP contribution in [-0.4, -0.2) is 22.5 Å². The van der Waals surface area contributed by atoms with Crippen molar-refractivity contribution in [3.8, 4) is 5.75 Å². The minimum atomic E-state index is -2.90. The summed E-state index contributed by atoms with van der Waals surface area (Å²) < 4.78 is 29.1. The predicted molar refractivity (Wildman–Crippen MR) is 115 cm³/mol. The molecule has 0 unspecified atom stereocenters. The Morgan fingerprint density at radius 1 is 0.935 bits per heavy atom. The Kier molecular flexibility index (Phi) is 5.61. The van der Waals surface area contributed by atoms with E-state index < -0.39 is 6.61 Å². The second kappa shape index (κ2) is 8.66. The van der Waals surface area contributed by atoms with E-state index in [0.29, 0.717) is 33.4 Å². The molecule has 0 atom stereocenters. The highest BCUT2D eigenvalue weighted by Crippen LogP contribution is 2.23. The van der Waals surface area contributed by atoms with Crippen LogP contribution in [0.3, 0.4) is 0 Å². The zero-order valence-corrected chi connectivity index (χ0v) is 16.1. The number of carbonyl (C=O) groups is 1. The van der Waals surface area contributed by atoms with Crippen molar-refractivity contribution < 1.29 is 18.3 Å². The van der Waals surface area contributed by atoms with Crippen molar-refractivity contribution in [2.75, 3.05) is 5.32 Å². The van der Waals surface area contributed by atoms with E-state index in [-0.39, 0.29) is 17.3 Å². The van der Waals surface area contributed by atoms with Gasteiger partial charge in [-0.05, 0) is 47.5 Å². The van der Waals surface area contributed by atoms with Gasteiger partial charge < -0.3 is 20.0 Å². The molecule has 6 nitrogen and oxygen atoms in total. The van der Waals surface area contributed by atoms with Crippen molar-refractivity contribution in [1.82, 2.24) is 9.97 Å². The summed E-state index contributed by atoms with van der Waals surface area (Å²) in [7, 11) is 0. The first-order chi connectivity index (χ1) is 15.0. The summed E-state index contributed by atoms with van der Waals surface area (Å²) in [6.45, 7) is -2.90. The fourth-order valence-electron chi connectivity index (χ4n) is 3.12. The molecule has 1 amide bonds. The average Bonchev–Trinajstić information content (AvgIpc) is 3.12. The molecule has 0 bridgehead atoms. The van der Waals surface area contributed by atoms with Crippen LogP contribution in [-0.2, 0) is 4.79 Å². The molecular formula is C23H17F2N3O3. The summed E-state index contributed by atoms with van der Waals surface area (Å²) >= 11 is 0. The summed E-state index contributed by atoms with van der Waals surface area (Å²) in [6, 6.07) is 20.1. The van der Waals surface area contributed by atoms with E-state index in [0.717, 1.165) is 0 Å². The number of aromatic nitrogens is 2. The normalized spacial score (nSPS) is 11.6. The van der Waals surface area contributed by atoms with Crippen LogP contribution in [0.15, 0.2) is 77.6 Å². The number of aromatic amines is 2. The number of carbonyl (C=O) groups excluding carboxylic acids is 1. The van der Waals surface area contributed by atoms with Crippen LogP contribution in [0.4, 0.5) is 14.5 Å². The lowest BCUT2D eigenvalue weighted by atomic mass is 10.0. The summed E-state index contributed by atoms with van der Waals surface area (Å²) in [5.74, 6) is -0.331. The minimum Gasteiger partial charge on any atom is -0.435 e. The number of benzene rings is 3. The number of rotatable bonds is 6. The number of amides is 1. The van der Waals surface area contributed by atoms with Gasteiger partial charge in [-0.1, -0.05) is 42.5 Å². The molecule has 0 aliphatic rings. The van der Waals surface area contributed by atoms with Crippen LogP contribution in [0.1, 0.15) is 11.1 Å². The van der Waals surface area contributed by atoms with Gasteiger partial charge in [0.15, 0.2) is 0 Å². The topological polar surface area (TPSA) is 87.0 Å². The van der Waals surface area contributed by atoms with E-state index in [4.69, 9.17) is 0 Å². The molecular weight excluding hydrogens is 404 g/mol. The van der Waals surface area contributed by atoms with E-state index in [2.05, 4.69) is 20.0 Å². The van der Waals surface area contributed by atoms with E-state index in [1.54, 1.807) is 48.5 Å². The van der Waals surface area contributed by atoms with Crippen LogP contribution in [0.5, 0.6) is 5.75 Å². The lowest BCUT2D eigenvalue weighted by molar-refractivity contribution is -0.111. The third kappa shape index (κ3) is 4.87. The summed E-state index contributed by atoms with van der Waals surface area (Å²) in [6.07, 6.45) is 1.66. The Morgan fingerprint density at radius 3 is 2.35 bits per heavy atom. The minimum absolute atomic E-state index is 0.0339. The Morgan fingerprint density at radius 2 is 1.65 bits per heavy atom. The van der Waals surface area contributed by atoms with Crippen molar-refractivity contribution in [2.45, 2.75) is 6.61 Å². The van der Waals surface area contributed by atoms with Gasteiger partial charge in [0.1, 0.15) is 5.75 Å². The second-order valence-corrected chi connectivity index (χ2v) is 6.67. The van der Waals surface area contributed by atoms with Gasteiger partial charge in [-0.25, -0.2) is 4.79 Å². The standard InChI is InChI=1S/C23H17F2N3O3/c24-22(25)31-17-9-6-14(7-10-17)12-18(15-4-2-1-3-5-15)21(29)26-16-8-11-19-20(13-16)28-23(30)27-19/h1-13,22H,(H,26,29)(H2,27,28,30). The summed E-state index contributed by atoms with van der Waals surface area (Å²) in [5.41, 5.74) is 3.09. The number of nitrogens with one attached hydrogen (secondary N) is 3. The zero-order chi connectivity index (χ0) is 21.8.